The van der Waals surface area contributed by atoms with E-state index in [0.29, 0.717) is 12.5 Å². The number of rotatable bonds is 4. The second-order valence-corrected chi connectivity index (χ2v) is 4.03. The maximum absolute atomic E-state index is 13.0. The van der Waals surface area contributed by atoms with Gasteiger partial charge in [-0.05, 0) is 49.1 Å². The van der Waals surface area contributed by atoms with E-state index in [2.05, 4.69) is 5.32 Å². The topological polar surface area (TPSA) is 32.3 Å². The van der Waals surface area contributed by atoms with Crippen LogP contribution in [0.5, 0.6) is 0 Å². The average Bonchev–Trinajstić information content (AvgIpc) is 2.14. The van der Waals surface area contributed by atoms with Crippen molar-refractivity contribution in [3.05, 3.63) is 35.1 Å². The second kappa shape index (κ2) is 4.73. The Kier molecular flexibility index (Phi) is 3.34. The van der Waals surface area contributed by atoms with Crippen LogP contribution in [-0.4, -0.2) is 24.3 Å². The number of hydrogen-bond donors (Lipinski definition) is 2. The van der Waals surface area contributed by atoms with Crippen molar-refractivity contribution in [3.63, 3.8) is 0 Å². The van der Waals surface area contributed by atoms with E-state index in [-0.39, 0.29) is 12.4 Å². The van der Waals surface area contributed by atoms with Gasteiger partial charge in [-0.25, -0.2) is 4.39 Å². The van der Waals surface area contributed by atoms with Crippen LogP contribution in [0.1, 0.15) is 17.5 Å². The number of aliphatic hydroxyl groups is 1. The zero-order valence-corrected chi connectivity index (χ0v) is 8.67. The van der Waals surface area contributed by atoms with Gasteiger partial charge in [-0.1, -0.05) is 6.07 Å². The molecule has 1 saturated heterocycles. The highest BCUT2D eigenvalue weighted by Gasteiger charge is 2.18. The molecule has 1 aliphatic rings. The fraction of sp³-hybridized carbons (Fsp3) is 0.500. The summed E-state index contributed by atoms with van der Waals surface area (Å²) >= 11 is 0. The molecule has 1 aliphatic heterocycles. The van der Waals surface area contributed by atoms with E-state index in [0.717, 1.165) is 24.1 Å². The molecule has 1 fully saturated rings. The summed E-state index contributed by atoms with van der Waals surface area (Å²) in [6.07, 6.45) is 2.67. The summed E-state index contributed by atoms with van der Waals surface area (Å²) in [6.45, 7) is 1.16. The van der Waals surface area contributed by atoms with Crippen LogP contribution in [0.4, 0.5) is 4.39 Å². The average molecular weight is 209 g/mol. The minimum Gasteiger partial charge on any atom is -0.396 e. The molecule has 2 rings (SSSR count). The Morgan fingerprint density at radius 1 is 1.40 bits per heavy atom. The fourth-order valence-corrected chi connectivity index (χ4v) is 1.93. The molecule has 2 N–H and O–H groups in total. The third-order valence-electron chi connectivity index (χ3n) is 2.94. The van der Waals surface area contributed by atoms with Crippen LogP contribution in [0.25, 0.3) is 0 Å². The van der Waals surface area contributed by atoms with E-state index >= 15 is 0 Å². The third-order valence-corrected chi connectivity index (χ3v) is 2.94. The van der Waals surface area contributed by atoms with Crippen LogP contribution in [0, 0.1) is 5.82 Å². The zero-order valence-electron chi connectivity index (χ0n) is 8.67. The second-order valence-electron chi connectivity index (χ2n) is 4.03. The Bertz CT molecular complexity index is 336. The van der Waals surface area contributed by atoms with E-state index in [1.807, 2.05) is 6.07 Å². The van der Waals surface area contributed by atoms with Crippen molar-refractivity contribution < 1.29 is 9.50 Å². The fourth-order valence-electron chi connectivity index (χ4n) is 1.93. The molecule has 0 spiro atoms. The summed E-state index contributed by atoms with van der Waals surface area (Å²) < 4.78 is 13.0. The molecule has 2 nitrogen and oxygen atoms in total. The van der Waals surface area contributed by atoms with Crippen LogP contribution in [-0.2, 0) is 12.8 Å². The van der Waals surface area contributed by atoms with Crippen molar-refractivity contribution in [3.8, 4) is 0 Å². The highest BCUT2D eigenvalue weighted by atomic mass is 19.1. The van der Waals surface area contributed by atoms with E-state index in [4.69, 9.17) is 5.11 Å². The number of aliphatic hydroxyl groups excluding tert-OH is 1. The zero-order chi connectivity index (χ0) is 10.7. The van der Waals surface area contributed by atoms with Crippen molar-refractivity contribution >= 4 is 0 Å². The molecule has 1 atom stereocenters. The lowest BCUT2D eigenvalue weighted by atomic mass is 9.94. The highest BCUT2D eigenvalue weighted by molar-refractivity contribution is 5.29. The van der Waals surface area contributed by atoms with Gasteiger partial charge in [0, 0.05) is 12.6 Å². The first-order valence-corrected chi connectivity index (χ1v) is 5.41. The van der Waals surface area contributed by atoms with E-state index in [9.17, 15) is 4.39 Å². The summed E-state index contributed by atoms with van der Waals surface area (Å²) in [5.41, 5.74) is 2.09. The summed E-state index contributed by atoms with van der Waals surface area (Å²) in [4.78, 5) is 0. The number of hydrogen-bond acceptors (Lipinski definition) is 2. The minimum atomic E-state index is -0.219. The third kappa shape index (κ3) is 2.55. The maximum Gasteiger partial charge on any atom is 0.123 e. The molecule has 1 aromatic rings. The molecule has 0 bridgehead atoms. The first kappa shape index (κ1) is 10.6. The van der Waals surface area contributed by atoms with Gasteiger partial charge in [-0.15, -0.1) is 0 Å². The standard InChI is InChI=1S/C12H16FNO/c13-11-2-1-9(8-12-3-5-14-12)10(7-11)4-6-15/h1-2,7,12,14-15H,3-6,8H2. The number of nitrogens with one attached hydrogen (secondary N) is 1. The molecule has 82 valence electrons. The Hall–Kier alpha value is -0.930. The molecule has 15 heavy (non-hydrogen) atoms. The maximum atomic E-state index is 13.0. The summed E-state index contributed by atoms with van der Waals surface area (Å²) in [7, 11) is 0. The molecule has 1 heterocycles. The molecule has 1 unspecified atom stereocenters. The van der Waals surface area contributed by atoms with Crippen molar-refractivity contribution in [2.45, 2.75) is 25.3 Å². The van der Waals surface area contributed by atoms with Gasteiger partial charge >= 0.3 is 0 Å². The lowest BCUT2D eigenvalue weighted by Crippen LogP contribution is -2.44. The monoisotopic (exact) mass is 209 g/mol. The molecule has 0 saturated carbocycles. The summed E-state index contributed by atoms with van der Waals surface area (Å²) in [6, 6.07) is 5.40. The van der Waals surface area contributed by atoms with Gasteiger partial charge < -0.3 is 10.4 Å². The van der Waals surface area contributed by atoms with Gasteiger partial charge in [0.1, 0.15) is 5.82 Å². The lowest BCUT2D eigenvalue weighted by Gasteiger charge is -2.28. The SMILES string of the molecule is OCCc1cc(F)ccc1CC1CCN1. The Morgan fingerprint density at radius 2 is 2.20 bits per heavy atom. The van der Waals surface area contributed by atoms with Gasteiger partial charge in [0.25, 0.3) is 0 Å². The van der Waals surface area contributed by atoms with Gasteiger partial charge in [0.15, 0.2) is 0 Å². The van der Waals surface area contributed by atoms with Crippen LogP contribution in [0.15, 0.2) is 18.2 Å². The Balaban J connectivity index is 2.12. The first-order chi connectivity index (χ1) is 7.29. The van der Waals surface area contributed by atoms with Crippen LogP contribution in [0.2, 0.25) is 0 Å². The molecule has 0 aliphatic carbocycles. The van der Waals surface area contributed by atoms with Gasteiger partial charge in [0.2, 0.25) is 0 Å². The molecule has 0 amide bonds. The molecule has 0 aromatic heterocycles. The smallest absolute Gasteiger partial charge is 0.123 e. The van der Waals surface area contributed by atoms with Crippen LogP contribution in [0.3, 0.4) is 0 Å². The Labute approximate surface area is 89.1 Å². The molecular formula is C12H16FNO. The quantitative estimate of drug-likeness (QED) is 0.782. The number of benzene rings is 1. The van der Waals surface area contributed by atoms with E-state index in [1.54, 1.807) is 0 Å². The molecule has 3 heteroatoms. The molecule has 1 aromatic carbocycles. The van der Waals surface area contributed by atoms with E-state index < -0.39 is 0 Å². The highest BCUT2D eigenvalue weighted by Crippen LogP contribution is 2.17. The van der Waals surface area contributed by atoms with E-state index in [1.165, 1.54) is 18.6 Å². The van der Waals surface area contributed by atoms with Crippen LogP contribution >= 0.6 is 0 Å². The van der Waals surface area contributed by atoms with Crippen molar-refractivity contribution in [2.24, 2.45) is 0 Å². The van der Waals surface area contributed by atoms with Crippen molar-refractivity contribution in [1.29, 1.82) is 0 Å². The lowest BCUT2D eigenvalue weighted by molar-refractivity contribution is 0.298. The van der Waals surface area contributed by atoms with Gasteiger partial charge in [-0.2, -0.15) is 0 Å². The normalized spacial score (nSPS) is 20.0. The Morgan fingerprint density at radius 3 is 2.80 bits per heavy atom. The van der Waals surface area contributed by atoms with Gasteiger partial charge in [0.05, 0.1) is 0 Å². The van der Waals surface area contributed by atoms with Crippen molar-refractivity contribution in [2.75, 3.05) is 13.2 Å². The summed E-state index contributed by atoms with van der Waals surface area (Å²) in [5.74, 6) is -0.219. The first-order valence-electron chi connectivity index (χ1n) is 5.41. The largest absolute Gasteiger partial charge is 0.396 e. The number of halogens is 1. The molecule has 0 radical (unpaired) electrons. The minimum absolute atomic E-state index is 0.0779. The van der Waals surface area contributed by atoms with Crippen molar-refractivity contribution in [1.82, 2.24) is 5.32 Å². The predicted octanol–water partition coefficient (Wildman–Crippen LogP) is 1.26. The summed E-state index contributed by atoms with van der Waals surface area (Å²) in [5, 5.41) is 12.2. The van der Waals surface area contributed by atoms with Crippen LogP contribution < -0.4 is 5.32 Å². The predicted molar refractivity (Wildman–Crippen MR) is 57.3 cm³/mol. The van der Waals surface area contributed by atoms with Gasteiger partial charge in [-0.3, -0.25) is 0 Å². The molecular weight excluding hydrogens is 193 g/mol.